The molecule has 6 heteroatoms. The molecule has 0 bridgehead atoms. The molecule has 1 heterocycles. The van der Waals surface area contributed by atoms with Crippen molar-refractivity contribution in [3.8, 4) is 0 Å². The molecular formula is C9H17N3O2S. The van der Waals surface area contributed by atoms with E-state index in [1.165, 1.54) is 0 Å². The third kappa shape index (κ3) is 4.01. The number of morpholine rings is 1. The van der Waals surface area contributed by atoms with Gasteiger partial charge in [-0.2, -0.15) is 0 Å². The largest absolute Gasteiger partial charge is 0.393 e. The highest BCUT2D eigenvalue weighted by atomic mass is 32.1. The second-order valence-electron chi connectivity index (χ2n) is 3.52. The van der Waals surface area contributed by atoms with Crippen LogP contribution in [0.15, 0.2) is 0 Å². The molecule has 0 aromatic carbocycles. The van der Waals surface area contributed by atoms with Gasteiger partial charge in [0.05, 0.1) is 18.2 Å². The van der Waals surface area contributed by atoms with Crippen LogP contribution in [0, 0.1) is 0 Å². The van der Waals surface area contributed by atoms with E-state index in [0.29, 0.717) is 44.3 Å². The number of amides is 2. The van der Waals surface area contributed by atoms with Crippen molar-refractivity contribution in [2.24, 2.45) is 5.73 Å². The molecule has 1 aliphatic rings. The molecule has 1 aliphatic heterocycles. The van der Waals surface area contributed by atoms with Crippen LogP contribution in [0.5, 0.6) is 0 Å². The molecule has 0 saturated carbocycles. The van der Waals surface area contributed by atoms with Gasteiger partial charge in [0.15, 0.2) is 0 Å². The van der Waals surface area contributed by atoms with E-state index >= 15 is 0 Å². The molecule has 2 N–H and O–H groups in total. The van der Waals surface area contributed by atoms with Crippen molar-refractivity contribution in [2.75, 3.05) is 39.9 Å². The van der Waals surface area contributed by atoms with Gasteiger partial charge in [-0.15, -0.1) is 0 Å². The van der Waals surface area contributed by atoms with Gasteiger partial charge in [0, 0.05) is 33.1 Å². The average Bonchev–Trinajstić information content (AvgIpc) is 2.26. The molecule has 0 aromatic rings. The molecule has 0 atom stereocenters. The van der Waals surface area contributed by atoms with Gasteiger partial charge in [0.1, 0.15) is 0 Å². The first-order valence-corrected chi connectivity index (χ1v) is 5.38. The molecule has 5 nitrogen and oxygen atoms in total. The Kier molecular flexibility index (Phi) is 4.77. The Hall–Kier alpha value is -0.880. The van der Waals surface area contributed by atoms with Gasteiger partial charge in [-0.05, 0) is 0 Å². The molecular weight excluding hydrogens is 214 g/mol. The van der Waals surface area contributed by atoms with E-state index in [9.17, 15) is 4.79 Å². The Balaban J connectivity index is 2.33. The molecule has 0 aliphatic carbocycles. The van der Waals surface area contributed by atoms with Gasteiger partial charge in [-0.1, -0.05) is 12.2 Å². The first-order chi connectivity index (χ1) is 7.11. The second kappa shape index (κ2) is 5.87. The molecule has 1 saturated heterocycles. The molecule has 86 valence electrons. The highest BCUT2D eigenvalue weighted by molar-refractivity contribution is 7.80. The van der Waals surface area contributed by atoms with Gasteiger partial charge < -0.3 is 20.3 Å². The van der Waals surface area contributed by atoms with Gasteiger partial charge in [-0.25, -0.2) is 4.79 Å². The zero-order valence-electron chi connectivity index (χ0n) is 8.94. The fourth-order valence-corrected chi connectivity index (χ4v) is 1.46. The van der Waals surface area contributed by atoms with E-state index in [2.05, 4.69) is 0 Å². The van der Waals surface area contributed by atoms with E-state index in [0.717, 1.165) is 0 Å². The number of carbonyl (C=O) groups is 1. The Morgan fingerprint density at radius 3 is 2.67 bits per heavy atom. The predicted octanol–water partition coefficient (Wildman–Crippen LogP) is 0.0466. The van der Waals surface area contributed by atoms with Crippen LogP contribution in [0.3, 0.4) is 0 Å². The molecule has 0 unspecified atom stereocenters. The zero-order valence-corrected chi connectivity index (χ0v) is 9.76. The van der Waals surface area contributed by atoms with Gasteiger partial charge in [0.2, 0.25) is 0 Å². The number of ether oxygens (including phenoxy) is 1. The SMILES string of the molecule is CN(CCC(N)=S)C(=O)N1CCOCC1. The summed E-state index contributed by atoms with van der Waals surface area (Å²) in [6, 6.07) is 0.0227. The lowest BCUT2D eigenvalue weighted by Crippen LogP contribution is -2.47. The number of urea groups is 1. The van der Waals surface area contributed by atoms with Gasteiger partial charge in [0.25, 0.3) is 0 Å². The topological polar surface area (TPSA) is 58.8 Å². The summed E-state index contributed by atoms with van der Waals surface area (Å²) in [5, 5.41) is 0. The van der Waals surface area contributed by atoms with Crippen molar-refractivity contribution in [1.29, 1.82) is 0 Å². The molecule has 0 radical (unpaired) electrons. The highest BCUT2D eigenvalue weighted by Crippen LogP contribution is 2.02. The van der Waals surface area contributed by atoms with E-state index in [-0.39, 0.29) is 6.03 Å². The molecule has 1 fully saturated rings. The first-order valence-electron chi connectivity index (χ1n) is 4.97. The third-order valence-corrected chi connectivity index (χ3v) is 2.51. The summed E-state index contributed by atoms with van der Waals surface area (Å²) in [4.78, 5) is 15.7. The maximum Gasteiger partial charge on any atom is 0.319 e. The van der Waals surface area contributed by atoms with Crippen molar-refractivity contribution < 1.29 is 9.53 Å². The van der Waals surface area contributed by atoms with Crippen LogP contribution in [0.4, 0.5) is 4.79 Å². The van der Waals surface area contributed by atoms with E-state index in [1.54, 1.807) is 16.8 Å². The molecule has 1 rings (SSSR count). The zero-order chi connectivity index (χ0) is 11.3. The lowest BCUT2D eigenvalue weighted by atomic mass is 10.4. The van der Waals surface area contributed by atoms with Crippen LogP contribution >= 0.6 is 12.2 Å². The monoisotopic (exact) mass is 231 g/mol. The smallest absolute Gasteiger partial charge is 0.319 e. The van der Waals surface area contributed by atoms with Crippen LogP contribution in [0.2, 0.25) is 0 Å². The lowest BCUT2D eigenvalue weighted by Gasteiger charge is -2.30. The maximum absolute atomic E-state index is 11.8. The third-order valence-electron chi connectivity index (χ3n) is 2.30. The summed E-state index contributed by atoms with van der Waals surface area (Å²) in [7, 11) is 1.76. The predicted molar refractivity (Wildman–Crippen MR) is 61.8 cm³/mol. The minimum atomic E-state index is 0.0227. The van der Waals surface area contributed by atoms with E-state index in [4.69, 9.17) is 22.7 Å². The normalized spacial score (nSPS) is 16.2. The molecule has 15 heavy (non-hydrogen) atoms. The molecule has 0 aromatic heterocycles. The van der Waals surface area contributed by atoms with E-state index in [1.807, 2.05) is 0 Å². The summed E-state index contributed by atoms with van der Waals surface area (Å²) in [6.45, 7) is 3.14. The number of carbonyl (C=O) groups excluding carboxylic acids is 1. The second-order valence-corrected chi connectivity index (χ2v) is 4.04. The maximum atomic E-state index is 11.8. The summed E-state index contributed by atoms with van der Waals surface area (Å²) < 4.78 is 5.17. The van der Waals surface area contributed by atoms with Crippen LogP contribution in [-0.4, -0.2) is 60.7 Å². The Morgan fingerprint density at radius 2 is 2.13 bits per heavy atom. The van der Waals surface area contributed by atoms with Crippen molar-refractivity contribution in [1.82, 2.24) is 9.80 Å². The van der Waals surface area contributed by atoms with Gasteiger partial charge in [-0.3, -0.25) is 0 Å². The van der Waals surface area contributed by atoms with Crippen molar-refractivity contribution in [3.05, 3.63) is 0 Å². The van der Waals surface area contributed by atoms with E-state index < -0.39 is 0 Å². The average molecular weight is 231 g/mol. The minimum absolute atomic E-state index is 0.0227. The minimum Gasteiger partial charge on any atom is -0.393 e. The van der Waals surface area contributed by atoms with Crippen LogP contribution in [0.25, 0.3) is 0 Å². The standard InChI is InChI=1S/C9H17N3O2S/c1-11(3-2-8(10)15)9(13)12-4-6-14-7-5-12/h2-7H2,1H3,(H2,10,15). The van der Waals surface area contributed by atoms with Crippen LogP contribution < -0.4 is 5.73 Å². The van der Waals surface area contributed by atoms with Crippen molar-refractivity contribution in [2.45, 2.75) is 6.42 Å². The number of nitrogens with two attached hydrogens (primary N) is 1. The number of nitrogens with zero attached hydrogens (tertiary/aromatic N) is 2. The Labute approximate surface area is 95.1 Å². The Bertz CT molecular complexity index is 242. The number of hydrogen-bond donors (Lipinski definition) is 1. The van der Waals surface area contributed by atoms with Crippen molar-refractivity contribution in [3.63, 3.8) is 0 Å². The van der Waals surface area contributed by atoms with Gasteiger partial charge >= 0.3 is 6.03 Å². The first kappa shape index (κ1) is 12.2. The number of rotatable bonds is 3. The fraction of sp³-hybridized carbons (Fsp3) is 0.778. The Morgan fingerprint density at radius 1 is 1.53 bits per heavy atom. The lowest BCUT2D eigenvalue weighted by molar-refractivity contribution is 0.0455. The summed E-state index contributed by atoms with van der Waals surface area (Å²) in [5.41, 5.74) is 5.38. The van der Waals surface area contributed by atoms with Crippen LogP contribution in [0.1, 0.15) is 6.42 Å². The van der Waals surface area contributed by atoms with Crippen LogP contribution in [-0.2, 0) is 4.74 Å². The molecule has 0 spiro atoms. The quantitative estimate of drug-likeness (QED) is 0.697. The van der Waals surface area contributed by atoms with Crippen molar-refractivity contribution >= 4 is 23.2 Å². The summed E-state index contributed by atoms with van der Waals surface area (Å²) in [6.07, 6.45) is 0.571. The summed E-state index contributed by atoms with van der Waals surface area (Å²) >= 11 is 4.76. The number of thiocarbonyl (C=S) groups is 1. The highest BCUT2D eigenvalue weighted by Gasteiger charge is 2.19. The summed E-state index contributed by atoms with van der Waals surface area (Å²) in [5.74, 6) is 0. The fourth-order valence-electron chi connectivity index (χ4n) is 1.37. The number of hydrogen-bond acceptors (Lipinski definition) is 3. The molecule has 2 amide bonds.